The van der Waals surface area contributed by atoms with E-state index in [1.165, 1.54) is 0 Å². The molecule has 0 aliphatic carbocycles. The summed E-state index contributed by atoms with van der Waals surface area (Å²) in [7, 11) is -3.14. The number of fused-ring (bicyclic) bond motifs is 1. The number of benzene rings is 1. The summed E-state index contributed by atoms with van der Waals surface area (Å²) in [6.07, 6.45) is 0.133. The summed E-state index contributed by atoms with van der Waals surface area (Å²) in [5.74, 6) is 0.149. The van der Waals surface area contributed by atoms with Gasteiger partial charge in [-0.05, 0) is 18.2 Å². The minimum Gasteiger partial charge on any atom is -0.374 e. The minimum atomic E-state index is -3.14. The summed E-state index contributed by atoms with van der Waals surface area (Å²) in [6.45, 7) is 6.50. The van der Waals surface area contributed by atoms with Gasteiger partial charge >= 0.3 is 0 Å². The fourth-order valence-corrected chi connectivity index (χ4v) is 4.86. The summed E-state index contributed by atoms with van der Waals surface area (Å²) >= 11 is 0. The molecule has 0 amide bonds. The van der Waals surface area contributed by atoms with Crippen molar-refractivity contribution in [3.8, 4) is 0 Å². The summed E-state index contributed by atoms with van der Waals surface area (Å²) in [4.78, 5) is 2.83. The first-order valence-electron chi connectivity index (χ1n) is 7.49. The van der Waals surface area contributed by atoms with Crippen LogP contribution in [0.15, 0.2) is 29.2 Å². The van der Waals surface area contributed by atoms with E-state index >= 15 is 0 Å². The number of likely N-dealkylation sites (N-methyl/N-ethyl adjacent to an activating group) is 1. The number of hydrogen-bond donors (Lipinski definition) is 1. The summed E-state index contributed by atoms with van der Waals surface area (Å²) in [5, 5.41) is 3.38. The van der Waals surface area contributed by atoms with Gasteiger partial charge in [-0.1, -0.05) is 25.1 Å². The van der Waals surface area contributed by atoms with E-state index in [0.717, 1.165) is 31.8 Å². The van der Waals surface area contributed by atoms with E-state index in [2.05, 4.69) is 17.1 Å². The number of ether oxygens (including phenoxy) is 1. The standard InChI is InChI=1S/C15H22N2O3S/c1-2-17-7-8-20-12(10-17)9-16-14-11-21(18,19)15-6-4-3-5-13(14)15/h3-6,12,14,16H,2,7-11H2,1H3. The highest BCUT2D eigenvalue weighted by Crippen LogP contribution is 2.32. The SMILES string of the molecule is CCN1CCOC(CNC2CS(=O)(=O)c3ccccc32)C1. The van der Waals surface area contributed by atoms with Crippen molar-refractivity contribution in [3.05, 3.63) is 29.8 Å². The smallest absolute Gasteiger partial charge is 0.180 e. The predicted octanol–water partition coefficient (Wildman–Crippen LogP) is 0.825. The highest BCUT2D eigenvalue weighted by Gasteiger charge is 2.34. The molecule has 0 saturated carbocycles. The average Bonchev–Trinajstić information content (AvgIpc) is 2.77. The average molecular weight is 310 g/mol. The monoisotopic (exact) mass is 310 g/mol. The number of rotatable bonds is 4. The van der Waals surface area contributed by atoms with Crippen molar-refractivity contribution in [2.75, 3.05) is 38.5 Å². The summed E-state index contributed by atoms with van der Waals surface area (Å²) < 4.78 is 30.0. The zero-order chi connectivity index (χ0) is 14.9. The van der Waals surface area contributed by atoms with Gasteiger partial charge in [0.2, 0.25) is 0 Å². The normalized spacial score (nSPS) is 28.4. The van der Waals surface area contributed by atoms with E-state index in [1.54, 1.807) is 12.1 Å². The molecular formula is C15H22N2O3S. The van der Waals surface area contributed by atoms with Crippen molar-refractivity contribution in [1.82, 2.24) is 10.2 Å². The molecule has 0 radical (unpaired) electrons. The van der Waals surface area contributed by atoms with Gasteiger partial charge in [0.1, 0.15) is 0 Å². The van der Waals surface area contributed by atoms with Gasteiger partial charge in [-0.25, -0.2) is 8.42 Å². The lowest BCUT2D eigenvalue weighted by Gasteiger charge is -2.32. The van der Waals surface area contributed by atoms with Gasteiger partial charge in [-0.2, -0.15) is 0 Å². The van der Waals surface area contributed by atoms with Gasteiger partial charge in [0, 0.05) is 25.7 Å². The van der Waals surface area contributed by atoms with Crippen molar-refractivity contribution in [1.29, 1.82) is 0 Å². The van der Waals surface area contributed by atoms with Crippen LogP contribution < -0.4 is 5.32 Å². The highest BCUT2D eigenvalue weighted by molar-refractivity contribution is 7.91. The number of hydrogen-bond acceptors (Lipinski definition) is 5. The third-order valence-corrected chi connectivity index (χ3v) is 6.09. The molecule has 1 N–H and O–H groups in total. The van der Waals surface area contributed by atoms with Crippen molar-refractivity contribution in [2.24, 2.45) is 0 Å². The molecule has 0 spiro atoms. The van der Waals surface area contributed by atoms with Crippen molar-refractivity contribution in [3.63, 3.8) is 0 Å². The Bertz CT molecular complexity index is 603. The Balaban J connectivity index is 1.64. The molecule has 1 aromatic carbocycles. The van der Waals surface area contributed by atoms with Gasteiger partial charge < -0.3 is 10.1 Å². The summed E-state index contributed by atoms with van der Waals surface area (Å²) in [6, 6.07) is 7.15. The fourth-order valence-electron chi connectivity index (χ4n) is 3.08. The van der Waals surface area contributed by atoms with E-state index in [0.29, 0.717) is 11.4 Å². The van der Waals surface area contributed by atoms with Crippen LogP contribution in [0, 0.1) is 0 Å². The van der Waals surface area contributed by atoms with Gasteiger partial charge in [0.05, 0.1) is 23.4 Å². The maximum absolute atomic E-state index is 12.1. The van der Waals surface area contributed by atoms with Crippen LogP contribution in [-0.4, -0.2) is 58.0 Å². The largest absolute Gasteiger partial charge is 0.374 e. The molecule has 1 fully saturated rings. The number of nitrogens with one attached hydrogen (secondary N) is 1. The molecule has 21 heavy (non-hydrogen) atoms. The second-order valence-corrected chi connectivity index (χ2v) is 7.67. The Labute approximate surface area is 126 Å². The lowest BCUT2D eigenvalue weighted by Crippen LogP contribution is -2.47. The second kappa shape index (κ2) is 6.04. The maximum atomic E-state index is 12.1. The van der Waals surface area contributed by atoms with Crippen molar-refractivity contribution >= 4 is 9.84 Å². The van der Waals surface area contributed by atoms with Crippen LogP contribution in [0.3, 0.4) is 0 Å². The summed E-state index contributed by atoms with van der Waals surface area (Å²) in [5.41, 5.74) is 0.889. The second-order valence-electron chi connectivity index (χ2n) is 5.67. The van der Waals surface area contributed by atoms with Crippen molar-refractivity contribution < 1.29 is 13.2 Å². The third-order valence-electron chi connectivity index (χ3n) is 4.28. The van der Waals surface area contributed by atoms with E-state index in [1.807, 2.05) is 12.1 Å². The first-order chi connectivity index (χ1) is 10.1. The van der Waals surface area contributed by atoms with E-state index < -0.39 is 9.84 Å². The molecule has 5 nitrogen and oxygen atoms in total. The van der Waals surface area contributed by atoms with E-state index in [9.17, 15) is 8.42 Å². The first-order valence-corrected chi connectivity index (χ1v) is 9.14. The Morgan fingerprint density at radius 3 is 3.00 bits per heavy atom. The number of sulfone groups is 1. The number of nitrogens with zero attached hydrogens (tertiary/aromatic N) is 1. The lowest BCUT2D eigenvalue weighted by atomic mass is 10.1. The molecule has 1 saturated heterocycles. The van der Waals surface area contributed by atoms with Crippen LogP contribution in [-0.2, 0) is 14.6 Å². The molecule has 0 aromatic heterocycles. The maximum Gasteiger partial charge on any atom is 0.180 e. The van der Waals surface area contributed by atoms with Crippen LogP contribution >= 0.6 is 0 Å². The van der Waals surface area contributed by atoms with Crippen molar-refractivity contribution in [2.45, 2.75) is 24.0 Å². The van der Waals surface area contributed by atoms with Gasteiger partial charge in [-0.3, -0.25) is 4.90 Å². The molecule has 3 rings (SSSR count). The van der Waals surface area contributed by atoms with Crippen LogP contribution in [0.5, 0.6) is 0 Å². The van der Waals surface area contributed by atoms with E-state index in [-0.39, 0.29) is 17.9 Å². The molecule has 2 aliphatic heterocycles. The van der Waals surface area contributed by atoms with Gasteiger partial charge in [0.15, 0.2) is 9.84 Å². The number of morpholine rings is 1. The zero-order valence-electron chi connectivity index (χ0n) is 12.3. The van der Waals surface area contributed by atoms with Gasteiger partial charge in [0.25, 0.3) is 0 Å². The Morgan fingerprint density at radius 2 is 2.19 bits per heavy atom. The molecule has 2 heterocycles. The van der Waals surface area contributed by atoms with Crippen LogP contribution in [0.2, 0.25) is 0 Å². The molecule has 0 bridgehead atoms. The van der Waals surface area contributed by atoms with Crippen LogP contribution in [0.1, 0.15) is 18.5 Å². The topological polar surface area (TPSA) is 58.6 Å². The third kappa shape index (κ3) is 3.13. The quantitative estimate of drug-likeness (QED) is 0.892. The zero-order valence-corrected chi connectivity index (χ0v) is 13.1. The fraction of sp³-hybridized carbons (Fsp3) is 0.600. The molecule has 2 atom stereocenters. The van der Waals surface area contributed by atoms with Gasteiger partial charge in [-0.15, -0.1) is 0 Å². The Morgan fingerprint density at radius 1 is 1.38 bits per heavy atom. The van der Waals surface area contributed by atoms with Crippen LogP contribution in [0.25, 0.3) is 0 Å². The molecule has 6 heteroatoms. The molecule has 1 aromatic rings. The first kappa shape index (κ1) is 15.0. The lowest BCUT2D eigenvalue weighted by molar-refractivity contribution is -0.0261. The molecule has 2 unspecified atom stereocenters. The molecule has 2 aliphatic rings. The predicted molar refractivity (Wildman–Crippen MR) is 81.1 cm³/mol. The Hall–Kier alpha value is -0.950. The van der Waals surface area contributed by atoms with Crippen LogP contribution in [0.4, 0.5) is 0 Å². The van der Waals surface area contributed by atoms with E-state index in [4.69, 9.17) is 4.74 Å². The highest BCUT2D eigenvalue weighted by atomic mass is 32.2. The Kier molecular flexibility index (Phi) is 4.31. The molecular weight excluding hydrogens is 288 g/mol. The molecule has 116 valence electrons. The minimum absolute atomic E-state index is 0.119.